The van der Waals surface area contributed by atoms with Gasteiger partial charge in [0.1, 0.15) is 0 Å². The number of hydrogen-bond acceptors (Lipinski definition) is 2. The van der Waals surface area contributed by atoms with Crippen LogP contribution < -0.4 is 26.2 Å². The van der Waals surface area contributed by atoms with Gasteiger partial charge in [-0.25, -0.2) is 0 Å². The van der Waals surface area contributed by atoms with Gasteiger partial charge >= 0.3 is 0 Å². The highest BCUT2D eigenvalue weighted by Crippen LogP contribution is 2.61. The Kier molecular flexibility index (Phi) is 4.35. The van der Waals surface area contributed by atoms with Crippen molar-refractivity contribution >= 4 is 51.5 Å². The van der Waals surface area contributed by atoms with Gasteiger partial charge in [0.05, 0.1) is 5.54 Å². The molecule has 0 aromatic heterocycles. The highest BCUT2D eigenvalue weighted by molar-refractivity contribution is 7.00. The molecule has 0 spiro atoms. The van der Waals surface area contributed by atoms with E-state index in [9.17, 15) is 0 Å². The van der Waals surface area contributed by atoms with E-state index in [4.69, 9.17) is 0 Å². The molecule has 1 saturated carbocycles. The van der Waals surface area contributed by atoms with Gasteiger partial charge in [-0.3, -0.25) is 0 Å². The van der Waals surface area contributed by atoms with Crippen molar-refractivity contribution in [1.29, 1.82) is 0 Å². The lowest BCUT2D eigenvalue weighted by molar-refractivity contribution is 0.195. The molecule has 0 saturated heterocycles. The minimum absolute atomic E-state index is 0.0811. The molecule has 1 aliphatic carbocycles. The Hall–Kier alpha value is -3.46. The van der Waals surface area contributed by atoms with Gasteiger partial charge < -0.3 is 9.80 Å². The van der Waals surface area contributed by atoms with Gasteiger partial charge in [-0.05, 0) is 98.4 Å². The predicted octanol–water partition coefficient (Wildman–Crippen LogP) is 6.97. The van der Waals surface area contributed by atoms with Crippen LogP contribution in [0.3, 0.4) is 0 Å². The zero-order valence-corrected chi connectivity index (χ0v) is 23.2. The summed E-state index contributed by atoms with van der Waals surface area (Å²) in [5, 5.41) is 0. The third-order valence-corrected chi connectivity index (χ3v) is 10.5. The molecular formula is C35H35BN2. The molecule has 0 amide bonds. The molecule has 4 aliphatic rings. The lowest BCUT2D eigenvalue weighted by Gasteiger charge is -2.52. The minimum Gasteiger partial charge on any atom is -0.335 e. The second-order valence-corrected chi connectivity index (χ2v) is 12.8. The average molecular weight is 494 g/mol. The van der Waals surface area contributed by atoms with E-state index in [0.717, 1.165) is 0 Å². The van der Waals surface area contributed by atoms with Crippen LogP contribution in [0.25, 0.3) is 0 Å². The van der Waals surface area contributed by atoms with E-state index in [1.807, 2.05) is 0 Å². The zero-order chi connectivity index (χ0) is 26.0. The molecular weight excluding hydrogens is 459 g/mol. The van der Waals surface area contributed by atoms with Crippen molar-refractivity contribution in [2.24, 2.45) is 0 Å². The van der Waals surface area contributed by atoms with Crippen molar-refractivity contribution in [1.82, 2.24) is 0 Å². The summed E-state index contributed by atoms with van der Waals surface area (Å²) in [5.41, 5.74) is 17.0. The topological polar surface area (TPSA) is 6.48 Å². The molecule has 8 rings (SSSR count). The number of rotatable bonds is 1. The molecule has 0 bridgehead atoms. The maximum absolute atomic E-state index is 2.81. The van der Waals surface area contributed by atoms with Crippen LogP contribution >= 0.6 is 0 Å². The van der Waals surface area contributed by atoms with Crippen LogP contribution in [0, 0.1) is 20.8 Å². The second kappa shape index (κ2) is 7.35. The largest absolute Gasteiger partial charge is 0.335 e. The first-order valence-electron chi connectivity index (χ1n) is 14.4. The van der Waals surface area contributed by atoms with Crippen LogP contribution in [-0.2, 0) is 5.41 Å². The van der Waals surface area contributed by atoms with E-state index in [1.165, 1.54) is 87.2 Å². The molecule has 3 heterocycles. The number of para-hydroxylation sites is 1. The SMILES string of the molecule is Cc1ccc(N2c3ccc(C)cc3B3c4cccc5c4N(c4cc(C)cc2c43)C2(C)CCCCC52C)cc1. The van der Waals surface area contributed by atoms with E-state index < -0.39 is 0 Å². The highest BCUT2D eigenvalue weighted by Gasteiger charge is 2.61. The Labute approximate surface area is 227 Å². The summed E-state index contributed by atoms with van der Waals surface area (Å²) in [4.78, 5) is 5.34. The van der Waals surface area contributed by atoms with Crippen LogP contribution in [0.1, 0.15) is 61.8 Å². The third kappa shape index (κ3) is 2.60. The van der Waals surface area contributed by atoms with Gasteiger partial charge in [0.15, 0.2) is 0 Å². The highest BCUT2D eigenvalue weighted by atomic mass is 15.3. The van der Waals surface area contributed by atoms with E-state index in [1.54, 1.807) is 5.56 Å². The summed E-state index contributed by atoms with van der Waals surface area (Å²) in [6.45, 7) is 12.1. The molecule has 2 nitrogen and oxygen atoms in total. The normalized spacial score (nSPS) is 24.1. The molecule has 3 heteroatoms. The Balaban J connectivity index is 1.50. The molecule has 2 atom stereocenters. The Morgan fingerprint density at radius 1 is 0.684 bits per heavy atom. The van der Waals surface area contributed by atoms with Gasteiger partial charge in [0, 0.05) is 33.9 Å². The Morgan fingerprint density at radius 2 is 1.42 bits per heavy atom. The van der Waals surface area contributed by atoms with Crippen LogP contribution in [0.2, 0.25) is 0 Å². The van der Waals surface area contributed by atoms with Gasteiger partial charge in [-0.15, -0.1) is 0 Å². The lowest BCUT2D eigenvalue weighted by Crippen LogP contribution is -2.64. The average Bonchev–Trinajstić information content (AvgIpc) is 3.12. The molecule has 0 N–H and O–H groups in total. The first-order chi connectivity index (χ1) is 18.3. The maximum Gasteiger partial charge on any atom is 0.252 e. The predicted molar refractivity (Wildman–Crippen MR) is 163 cm³/mol. The van der Waals surface area contributed by atoms with Gasteiger partial charge in [-0.1, -0.05) is 73.4 Å². The quantitative estimate of drug-likeness (QED) is 0.232. The third-order valence-electron chi connectivity index (χ3n) is 10.5. The maximum atomic E-state index is 2.81. The van der Waals surface area contributed by atoms with Crippen LogP contribution in [0.15, 0.2) is 72.8 Å². The molecule has 188 valence electrons. The van der Waals surface area contributed by atoms with Crippen LogP contribution in [0.4, 0.5) is 28.4 Å². The molecule has 1 fully saturated rings. The molecule has 0 radical (unpaired) electrons. The zero-order valence-electron chi connectivity index (χ0n) is 23.2. The molecule has 4 aromatic carbocycles. The minimum atomic E-state index is 0.0811. The van der Waals surface area contributed by atoms with Crippen molar-refractivity contribution in [3.63, 3.8) is 0 Å². The monoisotopic (exact) mass is 494 g/mol. The summed E-state index contributed by atoms with van der Waals surface area (Å²) < 4.78 is 0. The standard InChI is InChI=1S/C35H35BN2/c1-22-11-14-25(15-12-22)37-29-16-13-23(2)19-28(29)36-27-10-8-9-26-33(27)38(31-21-24(3)20-30(37)32(31)36)35(5)18-7-6-17-34(26,35)4/h8-16,19-21H,6-7,17-18H2,1-5H3. The van der Waals surface area contributed by atoms with E-state index in [-0.39, 0.29) is 17.7 Å². The van der Waals surface area contributed by atoms with E-state index in [2.05, 4.69) is 117 Å². The smallest absolute Gasteiger partial charge is 0.252 e. The molecule has 3 aliphatic heterocycles. The summed E-state index contributed by atoms with van der Waals surface area (Å²) >= 11 is 0. The fraction of sp³-hybridized carbons (Fsp3) is 0.314. The van der Waals surface area contributed by atoms with E-state index in [0.29, 0.717) is 0 Å². The first-order valence-corrected chi connectivity index (χ1v) is 14.4. The fourth-order valence-corrected chi connectivity index (χ4v) is 8.51. The number of fused-ring (bicyclic) bond motifs is 7. The Morgan fingerprint density at radius 3 is 2.24 bits per heavy atom. The van der Waals surface area contributed by atoms with Crippen molar-refractivity contribution < 1.29 is 0 Å². The van der Waals surface area contributed by atoms with Crippen molar-refractivity contribution in [3.05, 3.63) is 95.1 Å². The summed E-state index contributed by atoms with van der Waals surface area (Å²) in [5.74, 6) is 0. The molecule has 4 aromatic rings. The van der Waals surface area contributed by atoms with Crippen LogP contribution in [0.5, 0.6) is 0 Å². The number of hydrogen-bond donors (Lipinski definition) is 0. The van der Waals surface area contributed by atoms with Crippen molar-refractivity contribution in [3.8, 4) is 0 Å². The summed E-state index contributed by atoms with van der Waals surface area (Å²) in [7, 11) is 0. The summed E-state index contributed by atoms with van der Waals surface area (Å²) in [6.07, 6.45) is 5.13. The van der Waals surface area contributed by atoms with Gasteiger partial charge in [0.25, 0.3) is 6.71 Å². The van der Waals surface area contributed by atoms with E-state index >= 15 is 0 Å². The molecule has 38 heavy (non-hydrogen) atoms. The fourth-order valence-electron chi connectivity index (χ4n) is 8.51. The Bertz CT molecular complexity index is 1650. The molecule has 2 unspecified atom stereocenters. The van der Waals surface area contributed by atoms with Gasteiger partial charge in [-0.2, -0.15) is 0 Å². The summed E-state index contributed by atoms with van der Waals surface area (Å²) in [6, 6.07) is 28.3. The number of benzene rings is 4. The number of nitrogens with zero attached hydrogens (tertiary/aromatic N) is 2. The first kappa shape index (κ1) is 22.5. The van der Waals surface area contributed by atoms with Gasteiger partial charge in [0.2, 0.25) is 0 Å². The lowest BCUT2D eigenvalue weighted by atomic mass is 9.33. The van der Waals surface area contributed by atoms with Crippen molar-refractivity contribution in [2.75, 3.05) is 9.80 Å². The number of anilines is 5. The van der Waals surface area contributed by atoms with Crippen molar-refractivity contribution in [2.45, 2.75) is 71.3 Å². The second-order valence-electron chi connectivity index (χ2n) is 12.8. The van der Waals surface area contributed by atoms with Crippen LogP contribution in [-0.4, -0.2) is 12.3 Å². The number of aryl methyl sites for hydroxylation is 3.